The van der Waals surface area contributed by atoms with Crippen LogP contribution in [0, 0.1) is 13.8 Å². The van der Waals surface area contributed by atoms with Crippen LogP contribution in [0.15, 0.2) is 64.6 Å². The number of aromatic nitrogens is 2. The molecule has 26 heavy (non-hydrogen) atoms. The van der Waals surface area contributed by atoms with Gasteiger partial charge in [0.15, 0.2) is 0 Å². The smallest absolute Gasteiger partial charge is 0.221 e. The second-order valence-electron chi connectivity index (χ2n) is 5.70. The lowest BCUT2D eigenvalue weighted by Crippen LogP contribution is -2.18. The SMILES string of the molecule is Cc1ccc(-n2nc(C)c(/C=N\NS(=O)(=O)c3ccccc3)c2Cl)cc1. The van der Waals surface area contributed by atoms with Crippen LogP contribution in [-0.4, -0.2) is 24.4 Å². The molecule has 0 amide bonds. The van der Waals surface area contributed by atoms with Crippen LogP contribution in [-0.2, 0) is 10.0 Å². The Kier molecular flexibility index (Phi) is 5.11. The van der Waals surface area contributed by atoms with Crippen LogP contribution in [0.1, 0.15) is 16.8 Å². The van der Waals surface area contributed by atoms with E-state index in [1.165, 1.54) is 18.3 Å². The molecule has 134 valence electrons. The summed E-state index contributed by atoms with van der Waals surface area (Å²) in [6, 6.07) is 15.8. The molecule has 1 aromatic heterocycles. The number of nitrogens with one attached hydrogen (secondary N) is 1. The Labute approximate surface area is 157 Å². The van der Waals surface area contributed by atoms with Crippen molar-refractivity contribution in [2.75, 3.05) is 0 Å². The predicted molar refractivity (Wildman–Crippen MR) is 102 cm³/mol. The highest BCUT2D eigenvalue weighted by atomic mass is 35.5. The summed E-state index contributed by atoms with van der Waals surface area (Å²) in [4.78, 5) is 2.32. The van der Waals surface area contributed by atoms with Gasteiger partial charge in [-0.2, -0.15) is 18.6 Å². The quantitative estimate of drug-likeness (QED) is 0.537. The van der Waals surface area contributed by atoms with Gasteiger partial charge in [-0.1, -0.05) is 47.5 Å². The zero-order valence-corrected chi connectivity index (χ0v) is 15.8. The Bertz CT molecular complexity index is 1040. The lowest BCUT2D eigenvalue weighted by atomic mass is 10.2. The summed E-state index contributed by atoms with van der Waals surface area (Å²) in [7, 11) is -3.72. The van der Waals surface area contributed by atoms with Crippen LogP contribution in [0.4, 0.5) is 0 Å². The highest BCUT2D eigenvalue weighted by Crippen LogP contribution is 2.22. The van der Waals surface area contributed by atoms with Gasteiger partial charge in [-0.25, -0.2) is 9.51 Å². The summed E-state index contributed by atoms with van der Waals surface area (Å²) in [5, 5.41) is 8.59. The fourth-order valence-corrected chi connectivity index (χ4v) is 3.46. The maximum absolute atomic E-state index is 12.2. The summed E-state index contributed by atoms with van der Waals surface area (Å²) in [6.45, 7) is 3.78. The van der Waals surface area contributed by atoms with E-state index in [1.54, 1.807) is 29.8 Å². The molecule has 0 unspecified atom stereocenters. The van der Waals surface area contributed by atoms with E-state index >= 15 is 0 Å². The first-order chi connectivity index (χ1) is 12.4. The molecule has 3 rings (SSSR count). The minimum Gasteiger partial charge on any atom is -0.221 e. The molecule has 1 heterocycles. The van der Waals surface area contributed by atoms with Crippen molar-refractivity contribution < 1.29 is 8.42 Å². The normalized spacial score (nSPS) is 11.8. The van der Waals surface area contributed by atoms with Crippen LogP contribution in [0.3, 0.4) is 0 Å². The maximum Gasteiger partial charge on any atom is 0.276 e. The number of halogens is 1. The molecule has 0 saturated carbocycles. The second-order valence-corrected chi connectivity index (χ2v) is 7.72. The Morgan fingerprint density at radius 2 is 1.73 bits per heavy atom. The molecule has 1 N–H and O–H groups in total. The average Bonchev–Trinajstić information content (AvgIpc) is 2.91. The predicted octanol–water partition coefficient (Wildman–Crippen LogP) is 3.45. The first-order valence-electron chi connectivity index (χ1n) is 7.80. The molecule has 0 aliphatic heterocycles. The van der Waals surface area contributed by atoms with Crippen molar-refractivity contribution in [1.29, 1.82) is 0 Å². The van der Waals surface area contributed by atoms with Crippen LogP contribution >= 0.6 is 11.6 Å². The Morgan fingerprint density at radius 1 is 1.08 bits per heavy atom. The molecule has 6 nitrogen and oxygen atoms in total. The van der Waals surface area contributed by atoms with Crippen molar-refractivity contribution in [3.8, 4) is 5.69 Å². The van der Waals surface area contributed by atoms with E-state index in [-0.39, 0.29) is 4.90 Å². The Hall–Kier alpha value is -2.64. The molecule has 0 aliphatic carbocycles. The third-order valence-electron chi connectivity index (χ3n) is 3.75. The molecule has 8 heteroatoms. The van der Waals surface area contributed by atoms with Crippen molar-refractivity contribution in [1.82, 2.24) is 14.6 Å². The van der Waals surface area contributed by atoms with Crippen LogP contribution in [0.5, 0.6) is 0 Å². The lowest BCUT2D eigenvalue weighted by Gasteiger charge is -2.03. The van der Waals surface area contributed by atoms with Crippen LogP contribution in [0.2, 0.25) is 5.15 Å². The van der Waals surface area contributed by atoms with Crippen molar-refractivity contribution in [2.45, 2.75) is 18.7 Å². The molecule has 0 saturated heterocycles. The molecule has 0 spiro atoms. The van der Waals surface area contributed by atoms with Crippen LogP contribution in [0.25, 0.3) is 5.69 Å². The number of benzene rings is 2. The van der Waals surface area contributed by atoms with Gasteiger partial charge in [0.1, 0.15) is 5.15 Å². The molecule has 2 aromatic carbocycles. The monoisotopic (exact) mass is 388 g/mol. The fourth-order valence-electron chi connectivity index (χ4n) is 2.33. The van der Waals surface area contributed by atoms with Gasteiger partial charge in [0.2, 0.25) is 0 Å². The van der Waals surface area contributed by atoms with Crippen LogP contribution < -0.4 is 4.83 Å². The van der Waals surface area contributed by atoms with Gasteiger partial charge in [0.25, 0.3) is 10.0 Å². The first-order valence-corrected chi connectivity index (χ1v) is 9.67. The van der Waals surface area contributed by atoms with E-state index in [0.29, 0.717) is 16.4 Å². The summed E-state index contributed by atoms with van der Waals surface area (Å²) >= 11 is 6.40. The molecule has 0 radical (unpaired) electrons. The van der Waals surface area contributed by atoms with E-state index in [1.807, 2.05) is 31.2 Å². The highest BCUT2D eigenvalue weighted by molar-refractivity contribution is 7.89. The minimum absolute atomic E-state index is 0.135. The fraction of sp³-hybridized carbons (Fsp3) is 0.111. The number of hydrazone groups is 1. The van der Waals surface area contributed by atoms with Crippen molar-refractivity contribution >= 4 is 27.8 Å². The number of aryl methyl sites for hydroxylation is 2. The highest BCUT2D eigenvalue weighted by Gasteiger charge is 2.14. The Balaban J connectivity index is 1.84. The summed E-state index contributed by atoms with van der Waals surface area (Å²) in [5.41, 5.74) is 3.13. The standard InChI is InChI=1S/C18H17ClN4O2S/c1-13-8-10-15(11-9-13)23-18(19)17(14(2)21-23)12-20-22-26(24,25)16-6-4-3-5-7-16/h3-12,22H,1-2H3/b20-12-. The number of hydrogen-bond acceptors (Lipinski definition) is 4. The summed E-state index contributed by atoms with van der Waals surface area (Å²) < 4.78 is 25.9. The van der Waals surface area contributed by atoms with Gasteiger partial charge >= 0.3 is 0 Å². The summed E-state index contributed by atoms with van der Waals surface area (Å²) in [5.74, 6) is 0. The maximum atomic E-state index is 12.2. The third-order valence-corrected chi connectivity index (χ3v) is 5.35. The third kappa shape index (κ3) is 3.79. The van der Waals surface area contributed by atoms with Gasteiger partial charge < -0.3 is 0 Å². The molecular formula is C18H17ClN4O2S. The zero-order chi connectivity index (χ0) is 18.7. The van der Waals surface area contributed by atoms with Crippen molar-refractivity contribution in [2.24, 2.45) is 5.10 Å². The largest absolute Gasteiger partial charge is 0.276 e. The first kappa shape index (κ1) is 18.2. The molecule has 3 aromatic rings. The van der Waals surface area contributed by atoms with E-state index in [0.717, 1.165) is 11.3 Å². The van der Waals surface area contributed by atoms with Gasteiger partial charge in [0.05, 0.1) is 28.1 Å². The van der Waals surface area contributed by atoms with Gasteiger partial charge in [0, 0.05) is 0 Å². The molecule has 0 aliphatic rings. The van der Waals surface area contributed by atoms with E-state index in [9.17, 15) is 8.42 Å². The van der Waals surface area contributed by atoms with Gasteiger partial charge in [-0.3, -0.25) is 0 Å². The molecular weight excluding hydrogens is 372 g/mol. The Morgan fingerprint density at radius 3 is 2.38 bits per heavy atom. The molecule has 0 bridgehead atoms. The van der Waals surface area contributed by atoms with E-state index in [2.05, 4.69) is 15.0 Å². The average molecular weight is 389 g/mol. The van der Waals surface area contributed by atoms with Crippen molar-refractivity contribution in [3.63, 3.8) is 0 Å². The summed E-state index contributed by atoms with van der Waals surface area (Å²) in [6.07, 6.45) is 1.36. The van der Waals surface area contributed by atoms with E-state index < -0.39 is 10.0 Å². The van der Waals surface area contributed by atoms with Gasteiger partial charge in [-0.15, -0.1) is 0 Å². The number of rotatable bonds is 5. The topological polar surface area (TPSA) is 76.3 Å². The lowest BCUT2D eigenvalue weighted by molar-refractivity contribution is 0.584. The second kappa shape index (κ2) is 7.31. The molecule has 0 fully saturated rings. The zero-order valence-electron chi connectivity index (χ0n) is 14.2. The van der Waals surface area contributed by atoms with E-state index in [4.69, 9.17) is 11.6 Å². The number of nitrogens with zero attached hydrogens (tertiary/aromatic N) is 3. The van der Waals surface area contributed by atoms with Gasteiger partial charge in [-0.05, 0) is 38.1 Å². The minimum atomic E-state index is -3.72. The molecule has 0 atom stereocenters. The number of sulfonamides is 1. The number of hydrogen-bond donors (Lipinski definition) is 1. The van der Waals surface area contributed by atoms with Crippen molar-refractivity contribution in [3.05, 3.63) is 76.6 Å².